The van der Waals surface area contributed by atoms with Crippen molar-refractivity contribution < 1.29 is 36.6 Å². The van der Waals surface area contributed by atoms with Gasteiger partial charge in [-0.2, -0.15) is 0 Å². The molecule has 3 aromatic rings. The van der Waals surface area contributed by atoms with Gasteiger partial charge < -0.3 is 19.3 Å². The van der Waals surface area contributed by atoms with Crippen LogP contribution in [0.3, 0.4) is 0 Å². The molecule has 182 valence electrons. The van der Waals surface area contributed by atoms with E-state index < -0.39 is 30.6 Å². The Morgan fingerprint density at radius 3 is 2.74 bits per heavy atom. The van der Waals surface area contributed by atoms with Gasteiger partial charge in [-0.25, -0.2) is 9.18 Å². The number of hydrogen-bond acceptors (Lipinski definition) is 6. The fourth-order valence-corrected chi connectivity index (χ4v) is 4.16. The third-order valence-electron chi connectivity index (χ3n) is 5.70. The van der Waals surface area contributed by atoms with E-state index in [1.807, 2.05) is 0 Å². The zero-order chi connectivity index (χ0) is 24.7. The Bertz CT molecular complexity index is 1340. The smallest absolute Gasteiger partial charge is 0.445 e. The number of benzene rings is 2. The molecule has 1 aromatic heterocycles. The van der Waals surface area contributed by atoms with Crippen molar-refractivity contribution in [2.45, 2.75) is 13.0 Å². The number of rotatable bonds is 4. The molecule has 5 rings (SSSR count). The largest absolute Gasteiger partial charge is 0.573 e. The van der Waals surface area contributed by atoms with E-state index in [0.717, 1.165) is 23.2 Å². The highest BCUT2D eigenvalue weighted by Crippen LogP contribution is 2.31. The van der Waals surface area contributed by atoms with Crippen molar-refractivity contribution in [1.29, 1.82) is 0 Å². The van der Waals surface area contributed by atoms with Gasteiger partial charge in [0.25, 0.3) is 5.91 Å². The van der Waals surface area contributed by atoms with Crippen molar-refractivity contribution in [3.8, 4) is 5.75 Å². The molecule has 0 radical (unpaired) electrons. The molecule has 35 heavy (non-hydrogen) atoms. The predicted molar refractivity (Wildman–Crippen MR) is 111 cm³/mol. The summed E-state index contributed by atoms with van der Waals surface area (Å²) in [6.45, 7) is 0.501. The first-order valence-electron chi connectivity index (χ1n) is 10.4. The highest BCUT2D eigenvalue weighted by atomic mass is 19.4. The third kappa shape index (κ3) is 4.88. The van der Waals surface area contributed by atoms with Crippen LogP contribution in [0, 0.1) is 11.7 Å². The molecule has 3 heterocycles. The summed E-state index contributed by atoms with van der Waals surface area (Å²) in [6, 6.07) is 7.54. The molecular weight excluding hydrogens is 474 g/mol. The van der Waals surface area contributed by atoms with Gasteiger partial charge in [-0.15, -0.1) is 18.3 Å². The lowest BCUT2D eigenvalue weighted by atomic mass is 10.1. The summed E-state index contributed by atoms with van der Waals surface area (Å²) in [5.41, 5.74) is 2.65. The van der Waals surface area contributed by atoms with Crippen LogP contribution in [0.5, 0.6) is 5.75 Å². The maximum absolute atomic E-state index is 13.6. The quantitative estimate of drug-likeness (QED) is 0.560. The minimum Gasteiger partial charge on any atom is -0.445 e. The summed E-state index contributed by atoms with van der Waals surface area (Å²) in [7, 11) is 0. The first kappa shape index (κ1) is 22.6. The van der Waals surface area contributed by atoms with E-state index in [-0.39, 0.29) is 23.9 Å². The van der Waals surface area contributed by atoms with Gasteiger partial charge in [-0.3, -0.25) is 9.89 Å². The van der Waals surface area contributed by atoms with Crippen LogP contribution in [0.1, 0.15) is 15.9 Å². The number of alkyl halides is 3. The number of fused-ring (bicyclic) bond motifs is 2. The molecule has 0 aliphatic carbocycles. The van der Waals surface area contributed by atoms with Crippen LogP contribution in [0.4, 0.5) is 22.4 Å². The summed E-state index contributed by atoms with van der Waals surface area (Å²) in [5, 5.41) is 10.3. The lowest BCUT2D eigenvalue weighted by molar-refractivity contribution is -0.274. The number of H-pyrrole nitrogens is 1. The lowest BCUT2D eigenvalue weighted by Crippen LogP contribution is -2.33. The van der Waals surface area contributed by atoms with Crippen molar-refractivity contribution in [3.05, 3.63) is 65.1 Å². The Kier molecular flexibility index (Phi) is 5.53. The second kappa shape index (κ2) is 8.56. The molecule has 1 saturated heterocycles. The number of hydrogen-bond donors (Lipinski definition) is 1. The van der Waals surface area contributed by atoms with Gasteiger partial charge in [0.2, 0.25) is 0 Å². The summed E-state index contributed by atoms with van der Waals surface area (Å²) in [6.07, 6.45) is -3.96. The Labute approximate surface area is 194 Å². The predicted octanol–water partition coefficient (Wildman–Crippen LogP) is 3.60. The van der Waals surface area contributed by atoms with E-state index in [2.05, 4.69) is 20.1 Å². The Morgan fingerprint density at radius 1 is 1.14 bits per heavy atom. The summed E-state index contributed by atoms with van der Waals surface area (Å²) < 4.78 is 59.7. The number of ether oxygens (including phenoxy) is 2. The second-order valence-electron chi connectivity index (χ2n) is 8.18. The first-order valence-corrected chi connectivity index (χ1v) is 10.4. The monoisotopic (exact) mass is 491 g/mol. The average Bonchev–Trinajstić information content (AvgIpc) is 3.49. The minimum atomic E-state index is -4.97. The van der Waals surface area contributed by atoms with Gasteiger partial charge in [0, 0.05) is 43.4 Å². The van der Waals surface area contributed by atoms with Gasteiger partial charge in [0.15, 0.2) is 0 Å². The summed E-state index contributed by atoms with van der Waals surface area (Å²) in [5.74, 6) is -1.96. The number of carbonyl (C=O) groups excluding carboxylic acids is 2. The second-order valence-corrected chi connectivity index (χ2v) is 8.18. The topological polar surface area (TPSA) is 101 Å². The van der Waals surface area contributed by atoms with Crippen molar-refractivity contribution >= 4 is 23.0 Å². The fraction of sp³-hybridized carbons (Fsp3) is 0.273. The summed E-state index contributed by atoms with van der Waals surface area (Å²) in [4.78, 5) is 28.3. The highest BCUT2D eigenvalue weighted by Gasteiger charge is 2.38. The molecule has 13 heteroatoms. The number of aromatic nitrogens is 3. The minimum absolute atomic E-state index is 0.0112. The van der Waals surface area contributed by atoms with Crippen LogP contribution in [0.2, 0.25) is 0 Å². The van der Waals surface area contributed by atoms with E-state index in [4.69, 9.17) is 4.74 Å². The normalized spacial score (nSPS) is 17.5. The molecular formula is C22H17F4N5O4. The van der Waals surface area contributed by atoms with Crippen molar-refractivity contribution in [1.82, 2.24) is 25.2 Å². The molecule has 9 nitrogen and oxygen atoms in total. The molecule has 0 saturated carbocycles. The highest BCUT2D eigenvalue weighted by molar-refractivity contribution is 5.98. The molecule has 2 aromatic carbocycles. The molecule has 1 N–H and O–H groups in total. The molecule has 0 unspecified atom stereocenters. The third-order valence-corrected chi connectivity index (χ3v) is 5.70. The fourth-order valence-electron chi connectivity index (χ4n) is 4.16. The zero-order valence-corrected chi connectivity index (χ0v) is 17.9. The SMILES string of the molecule is O=C(c1ccc2[nH]nnc2c1)N1C=C2CN(C(=O)OCc3cc(F)cc(OC(F)(F)F)c3)C[C@@H]2C1. The molecule has 2 aliphatic rings. The lowest BCUT2D eigenvalue weighted by Gasteiger charge is -2.20. The Morgan fingerprint density at radius 2 is 1.97 bits per heavy atom. The first-order chi connectivity index (χ1) is 16.6. The van der Waals surface area contributed by atoms with Crippen LogP contribution in [-0.4, -0.2) is 63.2 Å². The molecule has 2 aliphatic heterocycles. The van der Waals surface area contributed by atoms with Gasteiger partial charge in [0.1, 0.15) is 23.7 Å². The number of nitrogens with one attached hydrogen (secondary N) is 1. The van der Waals surface area contributed by atoms with Crippen molar-refractivity contribution in [3.63, 3.8) is 0 Å². The Balaban J connectivity index is 1.18. The number of nitrogens with zero attached hydrogens (tertiary/aromatic N) is 4. The van der Waals surface area contributed by atoms with E-state index in [1.165, 1.54) is 4.90 Å². The van der Waals surface area contributed by atoms with Crippen LogP contribution < -0.4 is 4.74 Å². The summed E-state index contributed by atoms with van der Waals surface area (Å²) >= 11 is 0. The number of likely N-dealkylation sites (tertiary alicyclic amines) is 1. The number of carbonyl (C=O) groups is 2. The molecule has 0 bridgehead atoms. The maximum Gasteiger partial charge on any atom is 0.573 e. The zero-order valence-electron chi connectivity index (χ0n) is 17.9. The van der Waals surface area contributed by atoms with Crippen LogP contribution >= 0.6 is 0 Å². The molecule has 1 fully saturated rings. The van der Waals surface area contributed by atoms with Gasteiger partial charge in [0.05, 0.1) is 5.52 Å². The van der Waals surface area contributed by atoms with E-state index in [1.54, 1.807) is 29.3 Å². The van der Waals surface area contributed by atoms with Gasteiger partial charge >= 0.3 is 12.5 Å². The van der Waals surface area contributed by atoms with Crippen LogP contribution in [0.25, 0.3) is 11.0 Å². The average molecular weight is 491 g/mol. The molecule has 1 atom stereocenters. The van der Waals surface area contributed by atoms with Crippen molar-refractivity contribution in [2.24, 2.45) is 5.92 Å². The van der Waals surface area contributed by atoms with E-state index >= 15 is 0 Å². The van der Waals surface area contributed by atoms with Crippen LogP contribution in [0.15, 0.2) is 48.2 Å². The molecule has 2 amide bonds. The number of amides is 2. The number of halogens is 4. The molecule has 0 spiro atoms. The van der Waals surface area contributed by atoms with Crippen LogP contribution in [-0.2, 0) is 11.3 Å². The Hall–Kier alpha value is -4.16. The standard InChI is InChI=1S/C22H17F4N5O4/c23-16-3-12(4-17(6-16)35-22(24,25)26)11-34-21(33)31-9-14-7-30(8-15(14)10-31)20(32)13-1-2-18-19(5-13)28-29-27-18/h1-7,15H,8-11H2,(H,27,28,29)/t15-/m0/s1. The van der Waals surface area contributed by atoms with Crippen molar-refractivity contribution in [2.75, 3.05) is 19.6 Å². The van der Waals surface area contributed by atoms with E-state index in [0.29, 0.717) is 30.2 Å². The maximum atomic E-state index is 13.6. The van der Waals surface area contributed by atoms with E-state index in [9.17, 15) is 27.2 Å². The van der Waals surface area contributed by atoms with Gasteiger partial charge in [-0.05, 0) is 41.5 Å². The number of aromatic amines is 1. The van der Waals surface area contributed by atoms with Gasteiger partial charge in [-0.1, -0.05) is 5.21 Å².